The summed E-state index contributed by atoms with van der Waals surface area (Å²) >= 11 is 0. The third-order valence-electron chi connectivity index (χ3n) is 6.22. The second-order valence-electron chi connectivity index (χ2n) is 8.25. The van der Waals surface area contributed by atoms with Crippen LogP contribution >= 0.6 is 0 Å². The highest BCUT2D eigenvalue weighted by Gasteiger charge is 2.45. The molecule has 0 radical (unpaired) electrons. The molecule has 2 aromatic heterocycles. The Hall–Kier alpha value is -3.37. The SMILES string of the molecule is CO[C@@H]1[C@H](O)[C@@H](COCC(c2ccccc2)c2ccccc2)O[C@H]1n1cnc2c(N)ncnc21. The zero-order valence-electron chi connectivity index (χ0n) is 18.8. The predicted molar refractivity (Wildman–Crippen MR) is 126 cm³/mol. The first-order chi connectivity index (χ1) is 16.7. The molecule has 0 aliphatic carbocycles. The molecule has 1 fully saturated rings. The largest absolute Gasteiger partial charge is 0.387 e. The molecule has 0 bridgehead atoms. The summed E-state index contributed by atoms with van der Waals surface area (Å²) in [5, 5.41) is 10.9. The number of aromatic nitrogens is 4. The second-order valence-corrected chi connectivity index (χ2v) is 8.25. The molecule has 176 valence electrons. The molecule has 3 N–H and O–H groups in total. The highest BCUT2D eigenvalue weighted by molar-refractivity contribution is 5.81. The number of nitrogens with two attached hydrogens (primary N) is 1. The average molecular weight is 462 g/mol. The molecule has 9 nitrogen and oxygen atoms in total. The summed E-state index contributed by atoms with van der Waals surface area (Å²) in [7, 11) is 1.54. The number of hydrogen-bond donors (Lipinski definition) is 2. The van der Waals surface area contributed by atoms with Gasteiger partial charge in [-0.2, -0.15) is 0 Å². The number of nitrogen functional groups attached to an aromatic ring is 1. The number of nitrogens with zero attached hydrogens (tertiary/aromatic N) is 4. The number of rotatable bonds is 8. The third-order valence-corrected chi connectivity index (χ3v) is 6.22. The molecule has 0 saturated carbocycles. The molecule has 1 aliphatic rings. The van der Waals surface area contributed by atoms with Crippen LogP contribution in [0.15, 0.2) is 73.3 Å². The van der Waals surface area contributed by atoms with E-state index in [1.54, 1.807) is 10.9 Å². The summed E-state index contributed by atoms with van der Waals surface area (Å²) in [6.45, 7) is 0.651. The van der Waals surface area contributed by atoms with Crippen molar-refractivity contribution in [1.82, 2.24) is 19.5 Å². The van der Waals surface area contributed by atoms with Crippen molar-refractivity contribution in [3.05, 3.63) is 84.4 Å². The molecular weight excluding hydrogens is 434 g/mol. The fraction of sp³-hybridized carbons (Fsp3) is 0.320. The molecule has 4 atom stereocenters. The van der Waals surface area contributed by atoms with Gasteiger partial charge in [-0.3, -0.25) is 4.57 Å². The van der Waals surface area contributed by atoms with Crippen molar-refractivity contribution in [1.29, 1.82) is 0 Å². The summed E-state index contributed by atoms with van der Waals surface area (Å²) in [5.74, 6) is 0.344. The van der Waals surface area contributed by atoms with Crippen LogP contribution in [0.4, 0.5) is 5.82 Å². The number of fused-ring (bicyclic) bond motifs is 1. The van der Waals surface area contributed by atoms with Crippen LogP contribution in [0.1, 0.15) is 23.3 Å². The van der Waals surface area contributed by atoms with Crippen LogP contribution in [-0.4, -0.2) is 63.3 Å². The van der Waals surface area contributed by atoms with Crippen molar-refractivity contribution in [2.75, 3.05) is 26.1 Å². The first-order valence-electron chi connectivity index (χ1n) is 11.1. The van der Waals surface area contributed by atoms with Crippen LogP contribution < -0.4 is 5.73 Å². The number of methoxy groups -OCH3 is 1. The van der Waals surface area contributed by atoms with Crippen molar-refractivity contribution < 1.29 is 19.3 Å². The Morgan fingerprint density at radius 2 is 1.71 bits per heavy atom. The second kappa shape index (κ2) is 9.86. The molecule has 3 heterocycles. The van der Waals surface area contributed by atoms with Crippen LogP contribution in [0.2, 0.25) is 0 Å². The average Bonchev–Trinajstić information content (AvgIpc) is 3.44. The number of aliphatic hydroxyl groups excluding tert-OH is 1. The Morgan fingerprint density at radius 3 is 2.35 bits per heavy atom. The summed E-state index contributed by atoms with van der Waals surface area (Å²) in [6, 6.07) is 20.5. The Bertz CT molecular complexity index is 1180. The molecular formula is C25H27N5O4. The number of benzene rings is 2. The predicted octanol–water partition coefficient (Wildman–Crippen LogP) is 2.53. The lowest BCUT2D eigenvalue weighted by Crippen LogP contribution is -2.35. The van der Waals surface area contributed by atoms with Gasteiger partial charge in [-0.25, -0.2) is 15.0 Å². The van der Waals surface area contributed by atoms with E-state index < -0.39 is 24.5 Å². The topological polar surface area (TPSA) is 118 Å². The Kier molecular flexibility index (Phi) is 6.50. The van der Waals surface area contributed by atoms with Gasteiger partial charge < -0.3 is 25.1 Å². The molecule has 4 aromatic rings. The molecule has 1 aliphatic heterocycles. The summed E-state index contributed by atoms with van der Waals surface area (Å²) in [4.78, 5) is 12.6. The zero-order valence-corrected chi connectivity index (χ0v) is 18.8. The van der Waals surface area contributed by atoms with Gasteiger partial charge >= 0.3 is 0 Å². The standard InChI is InChI=1S/C25H27N5O4/c1-32-22-21(31)19(34-25(22)30-15-29-20-23(26)27-14-28-24(20)30)13-33-12-18(16-8-4-2-5-9-16)17-10-6-3-7-11-17/h2-11,14-15,18-19,21-22,25,31H,12-13H2,1H3,(H2,26,27,28)/t19-,21-,22-,25-/m1/s1. The zero-order chi connectivity index (χ0) is 23.5. The van der Waals surface area contributed by atoms with Crippen LogP contribution in [0, 0.1) is 0 Å². The maximum atomic E-state index is 10.9. The maximum Gasteiger partial charge on any atom is 0.167 e. The highest BCUT2D eigenvalue weighted by atomic mass is 16.6. The van der Waals surface area contributed by atoms with E-state index in [4.69, 9.17) is 19.9 Å². The minimum absolute atomic E-state index is 0.0623. The lowest BCUT2D eigenvalue weighted by molar-refractivity contribution is -0.0693. The van der Waals surface area contributed by atoms with E-state index in [-0.39, 0.29) is 18.3 Å². The van der Waals surface area contributed by atoms with E-state index in [0.29, 0.717) is 17.8 Å². The van der Waals surface area contributed by atoms with Crippen molar-refractivity contribution >= 4 is 17.0 Å². The molecule has 34 heavy (non-hydrogen) atoms. The summed E-state index contributed by atoms with van der Waals surface area (Å²) < 4.78 is 19.6. The van der Waals surface area contributed by atoms with Crippen LogP contribution in [0.3, 0.4) is 0 Å². The normalized spacial score (nSPS) is 22.6. The first-order valence-corrected chi connectivity index (χ1v) is 11.1. The fourth-order valence-electron chi connectivity index (χ4n) is 4.45. The van der Waals surface area contributed by atoms with E-state index >= 15 is 0 Å². The van der Waals surface area contributed by atoms with E-state index in [1.165, 1.54) is 13.4 Å². The van der Waals surface area contributed by atoms with Gasteiger partial charge in [-0.15, -0.1) is 0 Å². The van der Waals surface area contributed by atoms with Gasteiger partial charge in [0.05, 0.1) is 19.5 Å². The quantitative estimate of drug-likeness (QED) is 0.411. The molecule has 2 aromatic carbocycles. The van der Waals surface area contributed by atoms with Crippen molar-refractivity contribution in [2.24, 2.45) is 0 Å². The van der Waals surface area contributed by atoms with Crippen molar-refractivity contribution in [3.8, 4) is 0 Å². The number of aliphatic hydroxyl groups is 1. The maximum absolute atomic E-state index is 10.9. The van der Waals surface area contributed by atoms with Crippen LogP contribution in [-0.2, 0) is 14.2 Å². The third kappa shape index (κ3) is 4.26. The Labute approximate surface area is 197 Å². The first kappa shape index (κ1) is 22.4. The van der Waals surface area contributed by atoms with Gasteiger partial charge in [0.1, 0.15) is 30.2 Å². The van der Waals surface area contributed by atoms with Gasteiger partial charge in [0.2, 0.25) is 0 Å². The number of ether oxygens (including phenoxy) is 3. The molecule has 1 saturated heterocycles. The molecule has 0 spiro atoms. The summed E-state index contributed by atoms with van der Waals surface area (Å²) in [6.07, 6.45) is 0.214. The minimum atomic E-state index is -0.890. The van der Waals surface area contributed by atoms with Gasteiger partial charge in [0, 0.05) is 13.0 Å². The van der Waals surface area contributed by atoms with E-state index in [9.17, 15) is 5.11 Å². The van der Waals surface area contributed by atoms with E-state index in [1.807, 2.05) is 36.4 Å². The number of imidazole rings is 1. The Balaban J connectivity index is 1.31. The van der Waals surface area contributed by atoms with Crippen LogP contribution in [0.5, 0.6) is 0 Å². The molecule has 9 heteroatoms. The molecule has 0 amide bonds. The van der Waals surface area contributed by atoms with E-state index in [2.05, 4.69) is 39.2 Å². The molecule has 0 unspecified atom stereocenters. The van der Waals surface area contributed by atoms with Gasteiger partial charge in [0.15, 0.2) is 17.7 Å². The van der Waals surface area contributed by atoms with Crippen LogP contribution in [0.25, 0.3) is 11.2 Å². The lowest BCUT2D eigenvalue weighted by Gasteiger charge is -2.21. The minimum Gasteiger partial charge on any atom is -0.387 e. The lowest BCUT2D eigenvalue weighted by atomic mass is 9.92. The van der Waals surface area contributed by atoms with Gasteiger partial charge in [-0.1, -0.05) is 60.7 Å². The molecule has 5 rings (SSSR count). The monoisotopic (exact) mass is 461 g/mol. The smallest absolute Gasteiger partial charge is 0.167 e. The number of hydrogen-bond acceptors (Lipinski definition) is 8. The fourth-order valence-corrected chi connectivity index (χ4v) is 4.45. The van der Waals surface area contributed by atoms with Crippen molar-refractivity contribution in [2.45, 2.75) is 30.5 Å². The number of anilines is 1. The van der Waals surface area contributed by atoms with Crippen molar-refractivity contribution in [3.63, 3.8) is 0 Å². The van der Waals surface area contributed by atoms with Gasteiger partial charge in [0.25, 0.3) is 0 Å². The summed E-state index contributed by atoms with van der Waals surface area (Å²) in [5.41, 5.74) is 9.23. The highest BCUT2D eigenvalue weighted by Crippen LogP contribution is 2.34. The van der Waals surface area contributed by atoms with E-state index in [0.717, 1.165) is 11.1 Å². The van der Waals surface area contributed by atoms with Gasteiger partial charge in [-0.05, 0) is 11.1 Å². The Morgan fingerprint density at radius 1 is 1.03 bits per heavy atom.